The summed E-state index contributed by atoms with van der Waals surface area (Å²) >= 11 is 3.15. The van der Waals surface area contributed by atoms with Gasteiger partial charge in [0.1, 0.15) is 11.6 Å². The molecule has 1 aliphatic rings. The molecule has 130 valence electrons. The van der Waals surface area contributed by atoms with E-state index in [0.717, 1.165) is 16.3 Å². The van der Waals surface area contributed by atoms with Gasteiger partial charge in [0.05, 0.1) is 16.0 Å². The monoisotopic (exact) mass is 383 g/mol. The van der Waals surface area contributed by atoms with Gasteiger partial charge in [0.2, 0.25) is 6.10 Å². The molecule has 0 saturated heterocycles. The van der Waals surface area contributed by atoms with Crippen molar-refractivity contribution in [2.24, 2.45) is 0 Å². The van der Waals surface area contributed by atoms with Crippen LogP contribution in [0.15, 0.2) is 58.2 Å². The predicted octanol–water partition coefficient (Wildman–Crippen LogP) is 4.48. The second kappa shape index (κ2) is 6.62. The highest BCUT2D eigenvalue weighted by Gasteiger charge is 2.27. The Bertz CT molecular complexity index is 1030. The second-order valence-electron chi connectivity index (χ2n) is 5.63. The van der Waals surface area contributed by atoms with Gasteiger partial charge in [-0.3, -0.25) is 0 Å². The van der Waals surface area contributed by atoms with Crippen LogP contribution in [0.3, 0.4) is 0 Å². The highest BCUT2D eigenvalue weighted by molar-refractivity contribution is 7.98. The molecule has 8 heteroatoms. The molecule has 0 fully saturated rings. The number of fused-ring (bicyclic) bond motifs is 2. The van der Waals surface area contributed by atoms with Crippen molar-refractivity contribution in [3.63, 3.8) is 0 Å². The topological polar surface area (TPSA) is 70.3 Å². The Morgan fingerprint density at radius 3 is 2.81 bits per heavy atom. The van der Waals surface area contributed by atoms with Crippen LogP contribution < -0.4 is 9.47 Å². The maximum atomic E-state index is 5.89. The Balaban J connectivity index is 1.27. The predicted molar refractivity (Wildman–Crippen MR) is 98.8 cm³/mol. The largest absolute Gasteiger partial charge is 0.485 e. The molecular formula is C18H13N3O3S2. The lowest BCUT2D eigenvalue weighted by Crippen LogP contribution is -2.21. The fraction of sp³-hybridized carbons (Fsp3) is 0.167. The van der Waals surface area contributed by atoms with Crippen LogP contribution in [0.2, 0.25) is 0 Å². The highest BCUT2D eigenvalue weighted by atomic mass is 32.2. The lowest BCUT2D eigenvalue weighted by atomic mass is 10.2. The van der Waals surface area contributed by atoms with Gasteiger partial charge in [0, 0.05) is 0 Å². The average molecular weight is 383 g/mol. The van der Waals surface area contributed by atoms with Gasteiger partial charge in [0.15, 0.2) is 11.5 Å². The SMILES string of the molecule is c1ccc2c(c1)OC[C@H](c1nnc(SCc3nc4ccccc4s3)o1)O2. The lowest BCUT2D eigenvalue weighted by molar-refractivity contribution is 0.0686. The molecule has 0 aliphatic carbocycles. The van der Waals surface area contributed by atoms with Gasteiger partial charge in [-0.15, -0.1) is 21.5 Å². The summed E-state index contributed by atoms with van der Waals surface area (Å²) in [7, 11) is 0. The summed E-state index contributed by atoms with van der Waals surface area (Å²) in [6.07, 6.45) is -0.394. The first kappa shape index (κ1) is 15.7. The van der Waals surface area contributed by atoms with Crippen molar-refractivity contribution in [2.75, 3.05) is 6.61 Å². The molecule has 2 aromatic carbocycles. The lowest BCUT2D eigenvalue weighted by Gasteiger charge is -2.23. The van der Waals surface area contributed by atoms with E-state index in [4.69, 9.17) is 13.9 Å². The number of rotatable bonds is 4. The maximum absolute atomic E-state index is 5.89. The molecule has 26 heavy (non-hydrogen) atoms. The molecule has 5 rings (SSSR count). The van der Waals surface area contributed by atoms with Crippen LogP contribution in [0, 0.1) is 0 Å². The highest BCUT2D eigenvalue weighted by Crippen LogP contribution is 2.36. The number of para-hydroxylation sites is 3. The van der Waals surface area contributed by atoms with E-state index in [9.17, 15) is 0 Å². The van der Waals surface area contributed by atoms with Crippen LogP contribution in [-0.2, 0) is 5.75 Å². The first-order valence-corrected chi connectivity index (χ1v) is 9.84. The molecule has 6 nitrogen and oxygen atoms in total. The molecule has 0 radical (unpaired) electrons. The van der Waals surface area contributed by atoms with E-state index in [1.54, 1.807) is 11.3 Å². The zero-order chi connectivity index (χ0) is 17.3. The third-order valence-electron chi connectivity index (χ3n) is 3.86. The number of ether oxygens (including phenoxy) is 2. The third-order valence-corrected chi connectivity index (χ3v) is 5.91. The fourth-order valence-corrected chi connectivity index (χ4v) is 4.38. The molecular weight excluding hydrogens is 370 g/mol. The average Bonchev–Trinajstić information content (AvgIpc) is 3.32. The van der Waals surface area contributed by atoms with E-state index < -0.39 is 6.10 Å². The Kier molecular flexibility index (Phi) is 3.99. The Morgan fingerprint density at radius 1 is 1.04 bits per heavy atom. The summed E-state index contributed by atoms with van der Waals surface area (Å²) in [5.74, 6) is 2.52. The third kappa shape index (κ3) is 3.02. The van der Waals surface area contributed by atoms with Crippen molar-refractivity contribution in [1.29, 1.82) is 0 Å². The fourth-order valence-electron chi connectivity index (χ4n) is 2.66. The molecule has 0 amide bonds. The summed E-state index contributed by atoms with van der Waals surface area (Å²) in [5, 5.41) is 9.74. The van der Waals surface area contributed by atoms with Gasteiger partial charge in [-0.2, -0.15) is 0 Å². The van der Waals surface area contributed by atoms with E-state index in [-0.39, 0.29) is 0 Å². The van der Waals surface area contributed by atoms with E-state index in [0.29, 0.717) is 29.2 Å². The Hall–Kier alpha value is -2.58. The number of aromatic nitrogens is 3. The zero-order valence-electron chi connectivity index (χ0n) is 13.5. The van der Waals surface area contributed by atoms with Crippen LogP contribution in [0.4, 0.5) is 0 Å². The van der Waals surface area contributed by atoms with Crippen LogP contribution >= 0.6 is 23.1 Å². The summed E-state index contributed by atoms with van der Waals surface area (Å²) in [5.41, 5.74) is 1.02. The first-order chi connectivity index (χ1) is 12.8. The number of thiazole rings is 1. The second-order valence-corrected chi connectivity index (χ2v) is 7.68. The molecule has 0 unspecified atom stereocenters. The summed E-state index contributed by atoms with van der Waals surface area (Å²) < 4.78 is 18.5. The number of hydrogen-bond donors (Lipinski definition) is 0. The van der Waals surface area contributed by atoms with Gasteiger partial charge in [-0.25, -0.2) is 4.98 Å². The van der Waals surface area contributed by atoms with Crippen molar-refractivity contribution in [2.45, 2.75) is 17.1 Å². The molecule has 1 atom stereocenters. The molecule has 1 aliphatic heterocycles. The molecule has 0 N–H and O–H groups in total. The van der Waals surface area contributed by atoms with Crippen LogP contribution in [0.5, 0.6) is 11.5 Å². The summed E-state index contributed by atoms with van der Waals surface area (Å²) in [6, 6.07) is 15.6. The molecule has 3 heterocycles. The smallest absolute Gasteiger partial charge is 0.277 e. The van der Waals surface area contributed by atoms with Gasteiger partial charge in [0.25, 0.3) is 11.1 Å². The number of nitrogens with zero attached hydrogens (tertiary/aromatic N) is 3. The molecule has 2 aromatic heterocycles. The van der Waals surface area contributed by atoms with Gasteiger partial charge in [-0.1, -0.05) is 36.0 Å². The normalized spacial score (nSPS) is 16.1. The number of hydrogen-bond acceptors (Lipinski definition) is 8. The van der Waals surface area contributed by atoms with Crippen molar-refractivity contribution in [1.82, 2.24) is 15.2 Å². The van der Waals surface area contributed by atoms with Crippen LogP contribution in [0.25, 0.3) is 10.2 Å². The van der Waals surface area contributed by atoms with E-state index in [1.165, 1.54) is 16.5 Å². The summed E-state index contributed by atoms with van der Waals surface area (Å²) in [6.45, 7) is 0.348. The minimum absolute atomic E-state index is 0.348. The minimum Gasteiger partial charge on any atom is -0.485 e. The van der Waals surface area contributed by atoms with Crippen molar-refractivity contribution >= 4 is 33.3 Å². The molecule has 4 aromatic rings. The molecule has 0 saturated carbocycles. The minimum atomic E-state index is -0.394. The standard InChI is InChI=1S/C18H13N3O3S2/c1-4-8-15-11(5-1)19-16(26-15)10-25-18-21-20-17(24-18)14-9-22-12-6-2-3-7-13(12)23-14/h1-8,14H,9-10H2/t14-/m1/s1. The van der Waals surface area contributed by atoms with Crippen molar-refractivity contribution < 1.29 is 13.9 Å². The Morgan fingerprint density at radius 2 is 1.88 bits per heavy atom. The Labute approximate surface area is 157 Å². The zero-order valence-corrected chi connectivity index (χ0v) is 15.1. The van der Waals surface area contributed by atoms with Gasteiger partial charge in [-0.05, 0) is 24.3 Å². The number of thioether (sulfide) groups is 1. The number of benzene rings is 2. The van der Waals surface area contributed by atoms with Crippen molar-refractivity contribution in [3.8, 4) is 11.5 Å². The van der Waals surface area contributed by atoms with E-state index in [1.807, 2.05) is 42.5 Å². The van der Waals surface area contributed by atoms with E-state index >= 15 is 0 Å². The summed E-state index contributed by atoms with van der Waals surface area (Å²) in [4.78, 5) is 4.61. The molecule has 0 bridgehead atoms. The van der Waals surface area contributed by atoms with Crippen LogP contribution in [-0.4, -0.2) is 21.8 Å². The molecule has 0 spiro atoms. The van der Waals surface area contributed by atoms with Crippen LogP contribution in [0.1, 0.15) is 17.0 Å². The van der Waals surface area contributed by atoms with Gasteiger partial charge >= 0.3 is 0 Å². The van der Waals surface area contributed by atoms with Crippen molar-refractivity contribution in [3.05, 3.63) is 59.4 Å². The van der Waals surface area contributed by atoms with Gasteiger partial charge < -0.3 is 13.9 Å². The first-order valence-electron chi connectivity index (χ1n) is 8.04. The van der Waals surface area contributed by atoms with E-state index in [2.05, 4.69) is 21.2 Å². The maximum Gasteiger partial charge on any atom is 0.277 e. The quantitative estimate of drug-likeness (QED) is 0.481.